The number of thiol groups is 2. The Kier molecular flexibility index (Phi) is 22.4. The molecule has 0 saturated carbocycles. The second-order valence-corrected chi connectivity index (χ2v) is 14.6. The summed E-state index contributed by atoms with van der Waals surface area (Å²) in [6.07, 6.45) is 1.00. The predicted octanol–water partition coefficient (Wildman–Crippen LogP) is -5.10. The summed E-state index contributed by atoms with van der Waals surface area (Å²) in [7, 11) is 0. The second-order valence-electron chi connectivity index (χ2n) is 13.9. The van der Waals surface area contributed by atoms with Crippen LogP contribution in [0.1, 0.15) is 53.4 Å². The molecule has 0 unspecified atom stereocenters. The fourth-order valence-electron chi connectivity index (χ4n) is 5.43. The summed E-state index contributed by atoms with van der Waals surface area (Å²) in [4.78, 5) is 120. The molecule has 0 aromatic carbocycles. The van der Waals surface area contributed by atoms with E-state index >= 15 is 0 Å². The van der Waals surface area contributed by atoms with Crippen LogP contribution in [0.15, 0.2) is 4.99 Å². The fraction of sp³-hybridized carbons (Fsp3) is 0.697. The van der Waals surface area contributed by atoms with Crippen LogP contribution in [0.5, 0.6) is 0 Å². The number of hydrogen-bond acceptors (Lipinski definition) is 13. The Bertz CT molecular complexity index is 1480. The van der Waals surface area contributed by atoms with Crippen molar-refractivity contribution in [3.8, 4) is 0 Å². The smallest absolute Gasteiger partial charge is 0.322 e. The van der Waals surface area contributed by atoms with Gasteiger partial charge in [-0.15, -0.1) is 0 Å². The van der Waals surface area contributed by atoms with Crippen molar-refractivity contribution in [1.29, 1.82) is 0 Å². The van der Waals surface area contributed by atoms with Crippen LogP contribution in [0, 0.1) is 11.8 Å². The quantitative estimate of drug-likeness (QED) is 0.0187. The number of likely N-dealkylation sites (tertiary alicyclic amines) is 1. The Morgan fingerprint density at radius 3 is 1.89 bits per heavy atom. The normalized spacial score (nSPS) is 16.2. The third kappa shape index (κ3) is 17.9. The molecule has 0 aliphatic carbocycles. The van der Waals surface area contributed by atoms with Gasteiger partial charge in [-0.25, -0.2) is 0 Å². The first-order valence-electron chi connectivity index (χ1n) is 18.3. The summed E-state index contributed by atoms with van der Waals surface area (Å²) >= 11 is 8.15. The van der Waals surface area contributed by atoms with Crippen LogP contribution in [-0.4, -0.2) is 150 Å². The number of aliphatic carboxylic acids is 1. The van der Waals surface area contributed by atoms with Crippen LogP contribution in [0.4, 0.5) is 0 Å². The molecule has 1 heterocycles. The van der Waals surface area contributed by atoms with Gasteiger partial charge in [0.15, 0.2) is 5.96 Å². The lowest BCUT2D eigenvalue weighted by molar-refractivity contribution is -0.141. The zero-order valence-electron chi connectivity index (χ0n) is 32.5. The van der Waals surface area contributed by atoms with Crippen LogP contribution in [0.3, 0.4) is 0 Å². The fourth-order valence-corrected chi connectivity index (χ4v) is 5.85. The molecule has 0 radical (unpaired) electrons. The lowest BCUT2D eigenvalue weighted by Gasteiger charge is -2.29. The number of amides is 8. The minimum Gasteiger partial charge on any atom is -0.480 e. The average Bonchev–Trinajstić information content (AvgIpc) is 3.65. The van der Waals surface area contributed by atoms with Crippen molar-refractivity contribution in [3.63, 3.8) is 0 Å². The zero-order valence-corrected chi connectivity index (χ0v) is 34.3. The maximum atomic E-state index is 13.6. The highest BCUT2D eigenvalue weighted by Crippen LogP contribution is 2.19. The summed E-state index contributed by atoms with van der Waals surface area (Å²) in [6, 6.07) is -6.54. The van der Waals surface area contributed by atoms with E-state index in [2.05, 4.69) is 67.5 Å². The van der Waals surface area contributed by atoms with E-state index in [0.717, 1.165) is 0 Å². The molecular weight excluding hydrogens is 789 g/mol. The van der Waals surface area contributed by atoms with Gasteiger partial charge in [-0.2, -0.15) is 25.3 Å². The third-order valence-electron chi connectivity index (χ3n) is 8.54. The summed E-state index contributed by atoms with van der Waals surface area (Å²) in [5.74, 6) is -8.00. The van der Waals surface area contributed by atoms with Gasteiger partial charge in [0.05, 0.1) is 19.1 Å². The summed E-state index contributed by atoms with van der Waals surface area (Å²) in [6.45, 7) is 5.13. The number of hydrogen-bond donors (Lipinski definition) is 13. The summed E-state index contributed by atoms with van der Waals surface area (Å²) in [5, 5.41) is 25.9. The molecule has 0 aromatic heterocycles. The molecule has 0 spiro atoms. The number of carboxylic acids is 1. The first-order chi connectivity index (χ1) is 26.7. The van der Waals surface area contributed by atoms with Crippen molar-refractivity contribution >= 4 is 84.4 Å². The highest BCUT2D eigenvalue weighted by molar-refractivity contribution is 7.80. The van der Waals surface area contributed by atoms with Gasteiger partial charge in [0.1, 0.15) is 36.8 Å². The molecule has 322 valence electrons. The minimum absolute atomic E-state index is 0.00825. The molecule has 8 amide bonds. The topological polar surface area (TPSA) is 352 Å². The van der Waals surface area contributed by atoms with Gasteiger partial charge in [-0.1, -0.05) is 27.7 Å². The predicted molar refractivity (Wildman–Crippen MR) is 214 cm³/mol. The van der Waals surface area contributed by atoms with Crippen molar-refractivity contribution in [1.82, 2.24) is 42.1 Å². The largest absolute Gasteiger partial charge is 0.480 e. The average molecular weight is 847 g/mol. The van der Waals surface area contributed by atoms with E-state index in [1.165, 1.54) is 4.90 Å². The number of carbonyl (C=O) groups excluding carboxylic acids is 8. The van der Waals surface area contributed by atoms with Crippen molar-refractivity contribution in [2.75, 3.05) is 44.2 Å². The third-order valence-corrected chi connectivity index (χ3v) is 9.30. The van der Waals surface area contributed by atoms with Crippen LogP contribution in [0.2, 0.25) is 0 Å². The van der Waals surface area contributed by atoms with E-state index in [9.17, 15) is 43.2 Å². The first-order valence-corrected chi connectivity index (χ1v) is 19.6. The Morgan fingerprint density at radius 1 is 0.737 bits per heavy atom. The Hall–Kier alpha value is -4.84. The number of nitrogens with zero attached hydrogens (tertiary/aromatic N) is 2. The zero-order chi connectivity index (χ0) is 43.4. The lowest BCUT2D eigenvalue weighted by Crippen LogP contribution is -2.60. The van der Waals surface area contributed by atoms with Gasteiger partial charge in [0.2, 0.25) is 47.3 Å². The number of rotatable bonds is 24. The highest BCUT2D eigenvalue weighted by atomic mass is 32.1. The number of carboxylic acid groups (broad SMARTS) is 1. The molecule has 1 aliphatic rings. The number of carbonyl (C=O) groups is 9. The lowest BCUT2D eigenvalue weighted by atomic mass is 9.99. The molecule has 57 heavy (non-hydrogen) atoms. The van der Waals surface area contributed by atoms with Crippen molar-refractivity contribution in [2.45, 2.75) is 89.6 Å². The van der Waals surface area contributed by atoms with Crippen LogP contribution in [0.25, 0.3) is 0 Å². The molecule has 22 nitrogen and oxygen atoms in total. The number of aliphatic imine (C=N–C) groups is 1. The van der Waals surface area contributed by atoms with E-state index < -0.39 is 121 Å². The maximum absolute atomic E-state index is 13.6. The van der Waals surface area contributed by atoms with Crippen molar-refractivity contribution in [3.05, 3.63) is 0 Å². The van der Waals surface area contributed by atoms with Gasteiger partial charge in [0.25, 0.3) is 0 Å². The van der Waals surface area contributed by atoms with Crippen LogP contribution >= 0.6 is 25.3 Å². The van der Waals surface area contributed by atoms with Gasteiger partial charge in [-0.05, 0) is 37.5 Å². The molecule has 0 aromatic rings. The molecule has 6 atom stereocenters. The maximum Gasteiger partial charge on any atom is 0.322 e. The summed E-state index contributed by atoms with van der Waals surface area (Å²) in [5.41, 5.74) is 16.5. The van der Waals surface area contributed by atoms with Crippen LogP contribution < -0.4 is 54.4 Å². The SMILES string of the molecule is CC(C)[C@H](NC(=O)[C@H](CCCN=C(N)N)NC(=O)CNC(=O)[C@@H]1CCCN1C(=O)[C@H](CS)NC(=O)[C@@H](N)CS)C(=O)N[C@H](C(=O)NCC(=O)NCC(=O)O)C(C)C. The number of nitrogens with one attached hydrogen (secondary N) is 7. The van der Waals surface area contributed by atoms with Crippen molar-refractivity contribution < 1.29 is 48.3 Å². The van der Waals surface area contributed by atoms with E-state index in [1.54, 1.807) is 27.7 Å². The highest BCUT2D eigenvalue weighted by Gasteiger charge is 2.38. The minimum atomic E-state index is -1.27. The number of guanidine groups is 1. The van der Waals surface area contributed by atoms with Gasteiger partial charge < -0.3 is 64.4 Å². The standard InChI is InChI=1S/C33H58N12O10S2/c1-16(2)25(30(53)40-11-22(46)38-13-24(48)49)44-31(54)26(17(3)4)43-28(51)19(7-5-9-37-33(35)36)41-23(47)12-39-29(52)21-8-6-10-45(21)32(55)20(15-57)42-27(50)18(34)14-56/h16-21,25-26,56-57H,5-15,34H2,1-4H3,(H,38,46)(H,39,52)(H,40,53)(H,41,47)(H,42,50)(H,43,51)(H,44,54)(H,48,49)(H4,35,36,37)/t18-,19-,20-,21-,25-,26-/m0/s1. The van der Waals surface area contributed by atoms with E-state index in [0.29, 0.717) is 12.8 Å². The summed E-state index contributed by atoms with van der Waals surface area (Å²) < 4.78 is 0. The molecular formula is C33H58N12O10S2. The Balaban J connectivity index is 3.03. The Morgan fingerprint density at radius 2 is 1.33 bits per heavy atom. The first kappa shape index (κ1) is 50.2. The van der Waals surface area contributed by atoms with Gasteiger partial charge >= 0.3 is 5.97 Å². The van der Waals surface area contributed by atoms with E-state index in [-0.39, 0.29) is 43.4 Å². The molecule has 1 fully saturated rings. The van der Waals surface area contributed by atoms with Crippen molar-refractivity contribution in [2.24, 2.45) is 34.0 Å². The molecule has 24 heteroatoms. The number of nitrogens with two attached hydrogens (primary N) is 3. The second kappa shape index (κ2) is 25.4. The molecule has 1 aliphatic heterocycles. The molecule has 1 saturated heterocycles. The van der Waals surface area contributed by atoms with E-state index in [1.807, 2.05) is 0 Å². The molecule has 0 bridgehead atoms. The van der Waals surface area contributed by atoms with Crippen LogP contribution in [-0.2, 0) is 43.2 Å². The van der Waals surface area contributed by atoms with Gasteiger partial charge in [0, 0.05) is 24.6 Å². The molecule has 14 N–H and O–H groups in total. The Labute approximate surface area is 341 Å². The monoisotopic (exact) mass is 846 g/mol. The van der Waals surface area contributed by atoms with Gasteiger partial charge in [-0.3, -0.25) is 48.1 Å². The molecule has 1 rings (SSSR count). The van der Waals surface area contributed by atoms with E-state index in [4.69, 9.17) is 22.3 Å².